The number of amides is 1. The smallest absolute Gasteiger partial charge is 0.257 e. The Morgan fingerprint density at radius 1 is 1.17 bits per heavy atom. The van der Waals surface area contributed by atoms with Crippen molar-refractivity contribution in [2.75, 3.05) is 0 Å². The highest BCUT2D eigenvalue weighted by Gasteiger charge is 2.52. The Morgan fingerprint density at radius 3 is 2.53 bits per heavy atom. The summed E-state index contributed by atoms with van der Waals surface area (Å²) < 4.78 is 0. The van der Waals surface area contributed by atoms with Crippen LogP contribution in [0.4, 0.5) is 0 Å². The number of nitrogens with one attached hydrogen (secondary N) is 1. The van der Waals surface area contributed by atoms with Crippen LogP contribution in [0.1, 0.15) is 66.4 Å². The van der Waals surface area contributed by atoms with E-state index in [0.717, 1.165) is 36.0 Å². The van der Waals surface area contributed by atoms with Gasteiger partial charge >= 0.3 is 0 Å². The first-order valence-corrected chi connectivity index (χ1v) is 13.3. The monoisotopic (exact) mass is 487 g/mol. The van der Waals surface area contributed by atoms with Gasteiger partial charge in [-0.3, -0.25) is 9.59 Å². The molecule has 6 atom stereocenters. The second-order valence-electron chi connectivity index (χ2n) is 11.8. The Balaban J connectivity index is 1.76. The van der Waals surface area contributed by atoms with Crippen molar-refractivity contribution in [2.24, 2.45) is 29.1 Å². The van der Waals surface area contributed by atoms with E-state index >= 15 is 0 Å². The summed E-state index contributed by atoms with van der Waals surface area (Å²) >= 11 is 0. The molecule has 0 saturated heterocycles. The maximum absolute atomic E-state index is 14.3. The third-order valence-corrected chi connectivity index (χ3v) is 8.69. The molecule has 192 valence electrons. The second-order valence-corrected chi connectivity index (χ2v) is 11.8. The van der Waals surface area contributed by atoms with E-state index in [1.165, 1.54) is 11.6 Å². The van der Waals surface area contributed by atoms with E-state index in [1.807, 2.05) is 37.3 Å². The SMILES string of the molecule is C/C=C(C)/C=C(\C)[C@H]1C(C)=C[C@@]2(C)C[C@@H](C)CC[C@@H]2C1C(=O)C1=CC(O)(Cc2ccccc2)NC1=O. The zero-order valence-corrected chi connectivity index (χ0v) is 22.6. The van der Waals surface area contributed by atoms with Crippen molar-refractivity contribution in [3.63, 3.8) is 0 Å². The maximum Gasteiger partial charge on any atom is 0.257 e. The van der Waals surface area contributed by atoms with Crippen LogP contribution in [0.5, 0.6) is 0 Å². The molecule has 1 amide bonds. The van der Waals surface area contributed by atoms with E-state index in [2.05, 4.69) is 58.2 Å². The third kappa shape index (κ3) is 5.06. The van der Waals surface area contributed by atoms with Crippen molar-refractivity contribution in [3.05, 3.63) is 82.5 Å². The normalized spacial score (nSPS) is 35.0. The fraction of sp³-hybridized carbons (Fsp3) is 0.500. The summed E-state index contributed by atoms with van der Waals surface area (Å²) in [7, 11) is 0. The van der Waals surface area contributed by atoms with Gasteiger partial charge in [0.15, 0.2) is 11.5 Å². The minimum Gasteiger partial charge on any atom is -0.367 e. The van der Waals surface area contributed by atoms with Crippen molar-refractivity contribution >= 4 is 11.7 Å². The Hall–Kier alpha value is -2.72. The van der Waals surface area contributed by atoms with Crippen LogP contribution in [0.15, 0.2) is 76.9 Å². The number of hydrogen-bond donors (Lipinski definition) is 2. The number of Topliss-reactive ketones (excluding diaryl/α,β-unsaturated/α-hetero) is 1. The lowest BCUT2D eigenvalue weighted by Crippen LogP contribution is -2.48. The predicted octanol–water partition coefficient (Wildman–Crippen LogP) is 6.09. The number of allylic oxidation sites excluding steroid dienone is 6. The van der Waals surface area contributed by atoms with Crippen LogP contribution in [0.25, 0.3) is 0 Å². The van der Waals surface area contributed by atoms with Gasteiger partial charge in [-0.2, -0.15) is 0 Å². The van der Waals surface area contributed by atoms with Gasteiger partial charge in [0.25, 0.3) is 5.91 Å². The van der Waals surface area contributed by atoms with Crippen molar-refractivity contribution in [1.82, 2.24) is 5.32 Å². The van der Waals surface area contributed by atoms with Crippen molar-refractivity contribution in [2.45, 2.75) is 73.0 Å². The molecule has 2 aliphatic carbocycles. The summed E-state index contributed by atoms with van der Waals surface area (Å²) in [5, 5.41) is 13.9. The fourth-order valence-corrected chi connectivity index (χ4v) is 7.16. The summed E-state index contributed by atoms with van der Waals surface area (Å²) in [6.07, 6.45) is 11.5. The van der Waals surface area contributed by atoms with Gasteiger partial charge in [0.05, 0.1) is 5.57 Å². The molecule has 3 aliphatic rings. The van der Waals surface area contributed by atoms with Crippen LogP contribution in [-0.2, 0) is 16.0 Å². The standard InChI is InChI=1S/C32H41NO3/c1-7-20(2)15-22(4)27-23(5)17-31(6)16-21(3)13-14-26(31)28(27)29(34)25-19-32(36,33-30(25)35)18-24-11-9-8-10-12-24/h7-12,15,17,19,21,26-28,36H,13-14,16,18H2,1-6H3,(H,33,35)/b20-7+,22-15+/t21-,26+,27-,28?,31+,32?/m0/s1. The topological polar surface area (TPSA) is 66.4 Å². The molecule has 4 rings (SSSR count). The molecule has 0 spiro atoms. The summed E-state index contributed by atoms with van der Waals surface area (Å²) in [6.45, 7) is 12.9. The molecule has 0 radical (unpaired) electrons. The largest absolute Gasteiger partial charge is 0.367 e. The molecule has 1 aromatic carbocycles. The molecule has 1 aliphatic heterocycles. The van der Waals surface area contributed by atoms with E-state index < -0.39 is 11.6 Å². The molecule has 4 heteroatoms. The van der Waals surface area contributed by atoms with Crippen LogP contribution in [0.3, 0.4) is 0 Å². The first-order chi connectivity index (χ1) is 17.0. The Bertz CT molecular complexity index is 1160. The number of hydrogen-bond acceptors (Lipinski definition) is 3. The highest BCUT2D eigenvalue weighted by Crippen LogP contribution is 2.56. The molecule has 1 aromatic rings. The van der Waals surface area contributed by atoms with E-state index in [-0.39, 0.29) is 40.9 Å². The lowest BCUT2D eigenvalue weighted by Gasteiger charge is -2.52. The minimum absolute atomic E-state index is 0.0598. The number of carbonyl (C=O) groups excluding carboxylic acids is 2. The number of ketones is 1. The molecular weight excluding hydrogens is 446 g/mol. The zero-order valence-electron chi connectivity index (χ0n) is 22.6. The van der Waals surface area contributed by atoms with Gasteiger partial charge in [-0.25, -0.2) is 0 Å². The number of aliphatic hydroxyl groups is 1. The zero-order chi connectivity index (χ0) is 26.3. The highest BCUT2D eigenvalue weighted by atomic mass is 16.3. The molecule has 1 heterocycles. The van der Waals surface area contributed by atoms with E-state index in [0.29, 0.717) is 5.92 Å². The Kier molecular flexibility index (Phi) is 7.30. The first-order valence-electron chi connectivity index (χ1n) is 13.3. The quantitative estimate of drug-likeness (QED) is 0.290. The number of rotatable bonds is 6. The average molecular weight is 488 g/mol. The van der Waals surface area contributed by atoms with Crippen LogP contribution in [0, 0.1) is 29.1 Å². The van der Waals surface area contributed by atoms with Crippen LogP contribution < -0.4 is 5.32 Å². The Morgan fingerprint density at radius 2 is 1.86 bits per heavy atom. The van der Waals surface area contributed by atoms with Gasteiger partial charge in [-0.1, -0.05) is 85.5 Å². The van der Waals surface area contributed by atoms with Crippen molar-refractivity contribution < 1.29 is 14.7 Å². The van der Waals surface area contributed by atoms with Crippen molar-refractivity contribution in [3.8, 4) is 0 Å². The van der Waals surface area contributed by atoms with Crippen LogP contribution in [-0.4, -0.2) is 22.5 Å². The lowest BCUT2D eigenvalue weighted by molar-refractivity contribution is -0.129. The second kappa shape index (κ2) is 9.97. The molecule has 4 nitrogen and oxygen atoms in total. The first kappa shape index (κ1) is 26.3. The predicted molar refractivity (Wildman–Crippen MR) is 145 cm³/mol. The van der Waals surface area contributed by atoms with E-state index in [1.54, 1.807) is 0 Å². The van der Waals surface area contributed by atoms with E-state index in [4.69, 9.17) is 0 Å². The van der Waals surface area contributed by atoms with Crippen LogP contribution in [0.2, 0.25) is 0 Å². The Labute approximate surface area is 216 Å². The molecule has 36 heavy (non-hydrogen) atoms. The molecule has 2 N–H and O–H groups in total. The van der Waals surface area contributed by atoms with Gasteiger partial charge in [0.1, 0.15) is 0 Å². The molecule has 0 aromatic heterocycles. The average Bonchev–Trinajstić information content (AvgIpc) is 3.10. The van der Waals surface area contributed by atoms with E-state index in [9.17, 15) is 14.7 Å². The molecule has 0 bridgehead atoms. The molecular formula is C32H41NO3. The number of carbonyl (C=O) groups is 2. The summed E-state index contributed by atoms with van der Waals surface area (Å²) in [5.74, 6) is -0.234. The summed E-state index contributed by atoms with van der Waals surface area (Å²) in [5.41, 5.74) is 2.88. The van der Waals surface area contributed by atoms with Gasteiger partial charge in [0, 0.05) is 18.3 Å². The third-order valence-electron chi connectivity index (χ3n) is 8.69. The fourth-order valence-electron chi connectivity index (χ4n) is 7.16. The van der Waals surface area contributed by atoms with Gasteiger partial charge < -0.3 is 10.4 Å². The van der Waals surface area contributed by atoms with Gasteiger partial charge in [-0.05, 0) is 69.4 Å². The maximum atomic E-state index is 14.3. The molecule has 2 unspecified atom stereocenters. The summed E-state index contributed by atoms with van der Waals surface area (Å²) in [4.78, 5) is 27.5. The summed E-state index contributed by atoms with van der Waals surface area (Å²) in [6, 6.07) is 9.54. The highest BCUT2D eigenvalue weighted by molar-refractivity contribution is 6.22. The lowest BCUT2D eigenvalue weighted by atomic mass is 9.52. The molecule has 1 saturated carbocycles. The minimum atomic E-state index is -1.56. The molecule has 1 fully saturated rings. The number of fused-ring (bicyclic) bond motifs is 1. The van der Waals surface area contributed by atoms with Crippen molar-refractivity contribution in [1.29, 1.82) is 0 Å². The van der Waals surface area contributed by atoms with Gasteiger partial charge in [-0.15, -0.1) is 0 Å². The van der Waals surface area contributed by atoms with Gasteiger partial charge in [0.2, 0.25) is 0 Å². The number of benzene rings is 1. The van der Waals surface area contributed by atoms with Crippen LogP contribution >= 0.6 is 0 Å².